The van der Waals surface area contributed by atoms with E-state index in [0.29, 0.717) is 46.8 Å². The summed E-state index contributed by atoms with van der Waals surface area (Å²) in [6, 6.07) is 7.18. The van der Waals surface area contributed by atoms with Crippen molar-refractivity contribution in [3.8, 4) is 11.8 Å². The van der Waals surface area contributed by atoms with Crippen LogP contribution >= 0.6 is 0 Å². The average Bonchev–Trinajstić information content (AvgIpc) is 3.41. The molecule has 4 aliphatic rings. The number of halogens is 2. The molecule has 4 heterocycles. The van der Waals surface area contributed by atoms with Crippen molar-refractivity contribution in [2.75, 3.05) is 6.61 Å². The Balaban J connectivity index is 1.29. The van der Waals surface area contributed by atoms with Gasteiger partial charge in [-0.15, -0.1) is 0 Å². The fourth-order valence-corrected chi connectivity index (χ4v) is 7.02. The van der Waals surface area contributed by atoms with Crippen LogP contribution in [-0.4, -0.2) is 34.2 Å². The summed E-state index contributed by atoms with van der Waals surface area (Å²) >= 11 is 0. The van der Waals surface area contributed by atoms with Gasteiger partial charge in [-0.2, -0.15) is 0 Å². The number of aryl methyl sites for hydroxylation is 2. The lowest BCUT2D eigenvalue weighted by Gasteiger charge is -2.30. The zero-order chi connectivity index (χ0) is 29.5. The van der Waals surface area contributed by atoms with Crippen LogP contribution in [0.5, 0.6) is 0 Å². The summed E-state index contributed by atoms with van der Waals surface area (Å²) in [5.41, 5.74) is 5.04. The normalized spacial score (nSPS) is 23.1. The third kappa shape index (κ3) is 3.88. The Labute approximate surface area is 241 Å². The van der Waals surface area contributed by atoms with E-state index in [1.54, 1.807) is 50.3 Å². The highest BCUT2D eigenvalue weighted by Crippen LogP contribution is 2.58. The van der Waals surface area contributed by atoms with Crippen LogP contribution in [0.2, 0.25) is 0 Å². The SMILES string of the molecule is CCOC(=O)C1C2CCC#Cc3cc4oc(=O)c(C=CC5=[N+]6C(=Cc7c(C)cc(C)n7[B-]6(F)F)C(C)=C5)cc4cc3C21. The van der Waals surface area contributed by atoms with Crippen LogP contribution in [-0.2, 0) is 9.53 Å². The Hall–Kier alpha value is -4.45. The van der Waals surface area contributed by atoms with Gasteiger partial charge in [-0.3, -0.25) is 4.79 Å². The van der Waals surface area contributed by atoms with Gasteiger partial charge in [0, 0.05) is 52.8 Å². The number of hydrogen-bond donors (Lipinski definition) is 0. The van der Waals surface area contributed by atoms with E-state index >= 15 is 8.63 Å². The molecule has 0 spiro atoms. The zero-order valence-corrected chi connectivity index (χ0v) is 23.8. The molecule has 1 saturated carbocycles. The number of hydrogen-bond acceptors (Lipinski definition) is 4. The van der Waals surface area contributed by atoms with Gasteiger partial charge in [0.05, 0.1) is 18.1 Å². The summed E-state index contributed by atoms with van der Waals surface area (Å²) in [6.07, 6.45) is 8.09. The van der Waals surface area contributed by atoms with Crippen molar-refractivity contribution in [2.24, 2.45) is 11.8 Å². The summed E-state index contributed by atoms with van der Waals surface area (Å²) in [6.45, 7) is 3.32. The number of benzene rings is 1. The lowest BCUT2D eigenvalue weighted by atomic mass is 9.89. The standard InChI is InChI=1S/C33H29BF2N2O4/c1-5-41-33(40)31-25-9-7-6-8-21-16-29-23(15-26(21)30(25)31)14-22(32(39)42-29)10-11-24-13-19(3)28-17-27-18(2)12-20(4)37(27)34(35,36)38(24)28/h10-17,25,30-31H,5,7,9H2,1-4H3. The van der Waals surface area contributed by atoms with Crippen LogP contribution < -0.4 is 5.63 Å². The molecule has 3 aromatic rings. The molecule has 0 saturated heterocycles. The minimum Gasteiger partial charge on any atom is -0.466 e. The minimum atomic E-state index is -4.14. The summed E-state index contributed by atoms with van der Waals surface area (Å²) < 4.78 is 45.1. The third-order valence-electron chi connectivity index (χ3n) is 8.95. The van der Waals surface area contributed by atoms with Gasteiger partial charge in [-0.25, -0.2) is 4.79 Å². The van der Waals surface area contributed by atoms with Crippen LogP contribution in [0.25, 0.3) is 23.1 Å². The summed E-state index contributed by atoms with van der Waals surface area (Å²) in [7, 11) is 0. The first-order valence-corrected chi connectivity index (χ1v) is 14.3. The van der Waals surface area contributed by atoms with Crippen molar-refractivity contribution in [1.82, 2.24) is 4.48 Å². The molecular weight excluding hydrogens is 537 g/mol. The number of esters is 1. The van der Waals surface area contributed by atoms with E-state index < -0.39 is 12.6 Å². The first-order chi connectivity index (χ1) is 20.1. The monoisotopic (exact) mass is 566 g/mol. The van der Waals surface area contributed by atoms with Crippen LogP contribution in [0.4, 0.5) is 8.63 Å². The Bertz CT molecular complexity index is 1980. The topological polar surface area (TPSA) is 64.4 Å². The first-order valence-electron chi connectivity index (χ1n) is 14.3. The lowest BCUT2D eigenvalue weighted by molar-refractivity contribution is -0.361. The van der Waals surface area contributed by atoms with E-state index in [1.165, 1.54) is 6.08 Å². The van der Waals surface area contributed by atoms with Crippen molar-refractivity contribution in [3.63, 3.8) is 0 Å². The van der Waals surface area contributed by atoms with Crippen molar-refractivity contribution >= 4 is 41.8 Å². The molecule has 3 unspecified atom stereocenters. The van der Waals surface area contributed by atoms with Gasteiger partial charge in [0.25, 0.3) is 0 Å². The molecule has 2 aromatic heterocycles. The number of allylic oxidation sites excluding steroid dienone is 3. The van der Waals surface area contributed by atoms with Crippen molar-refractivity contribution in [3.05, 3.63) is 91.7 Å². The second-order valence-corrected chi connectivity index (χ2v) is 11.6. The fraction of sp³-hybridized carbons (Fsp3) is 0.303. The van der Waals surface area contributed by atoms with Gasteiger partial charge in [0.15, 0.2) is 11.4 Å². The molecule has 0 amide bonds. The Morgan fingerprint density at radius 2 is 2.00 bits per heavy atom. The highest BCUT2D eigenvalue weighted by Gasteiger charge is 2.56. The van der Waals surface area contributed by atoms with Crippen LogP contribution in [0, 0.1) is 37.5 Å². The maximum Gasteiger partial charge on any atom is 0.737 e. The summed E-state index contributed by atoms with van der Waals surface area (Å²) in [5.74, 6) is 6.12. The predicted octanol–water partition coefficient (Wildman–Crippen LogP) is 5.95. The zero-order valence-electron chi connectivity index (χ0n) is 23.8. The highest BCUT2D eigenvalue weighted by atomic mass is 19.2. The number of nitrogens with zero attached hydrogens (tertiary/aromatic N) is 2. The minimum absolute atomic E-state index is 0.00516. The molecule has 1 fully saturated rings. The fourth-order valence-electron chi connectivity index (χ4n) is 7.02. The molecule has 2 aliphatic heterocycles. The number of carbonyl (C=O) groups is 1. The summed E-state index contributed by atoms with van der Waals surface area (Å²) in [4.78, 5) is 25.6. The molecular formula is C33H29BF2N2O4. The quantitative estimate of drug-likeness (QED) is 0.169. The molecule has 1 aromatic carbocycles. The molecule has 3 atom stereocenters. The second-order valence-electron chi connectivity index (χ2n) is 11.6. The van der Waals surface area contributed by atoms with Gasteiger partial charge in [0.1, 0.15) is 5.58 Å². The van der Waals surface area contributed by atoms with Crippen LogP contribution in [0.3, 0.4) is 0 Å². The largest absolute Gasteiger partial charge is 0.737 e. The Kier molecular flexibility index (Phi) is 5.85. The van der Waals surface area contributed by atoms with Crippen LogP contribution in [0.15, 0.2) is 56.9 Å². The number of rotatable bonds is 4. The van der Waals surface area contributed by atoms with Gasteiger partial charge < -0.3 is 26.7 Å². The van der Waals surface area contributed by atoms with E-state index in [2.05, 4.69) is 11.8 Å². The van der Waals surface area contributed by atoms with Gasteiger partial charge >= 0.3 is 18.6 Å². The van der Waals surface area contributed by atoms with E-state index in [4.69, 9.17) is 9.15 Å². The number of ether oxygens (including phenoxy) is 1. The Morgan fingerprint density at radius 1 is 1.19 bits per heavy atom. The average molecular weight is 566 g/mol. The smallest absolute Gasteiger partial charge is 0.466 e. The predicted molar refractivity (Wildman–Crippen MR) is 158 cm³/mol. The summed E-state index contributed by atoms with van der Waals surface area (Å²) in [5, 5.41) is 0.683. The molecule has 212 valence electrons. The maximum atomic E-state index is 16.0. The van der Waals surface area contributed by atoms with Crippen molar-refractivity contribution in [2.45, 2.75) is 46.5 Å². The van der Waals surface area contributed by atoms with E-state index in [1.807, 2.05) is 19.9 Å². The maximum absolute atomic E-state index is 16.0. The molecule has 9 heteroatoms. The van der Waals surface area contributed by atoms with Gasteiger partial charge in [0.2, 0.25) is 0 Å². The molecule has 0 radical (unpaired) electrons. The van der Waals surface area contributed by atoms with E-state index in [9.17, 15) is 9.59 Å². The highest BCUT2D eigenvalue weighted by molar-refractivity contribution is 6.58. The van der Waals surface area contributed by atoms with Crippen molar-refractivity contribution in [1.29, 1.82) is 0 Å². The Morgan fingerprint density at radius 3 is 2.79 bits per heavy atom. The molecule has 0 bridgehead atoms. The van der Waals surface area contributed by atoms with E-state index in [0.717, 1.165) is 37.6 Å². The van der Waals surface area contributed by atoms with Crippen LogP contribution in [0.1, 0.15) is 66.2 Å². The number of carbonyl (C=O) groups excluding carboxylic acids is 1. The van der Waals surface area contributed by atoms with Gasteiger partial charge in [-0.1, -0.05) is 11.8 Å². The number of aromatic nitrogens is 1. The second kappa shape index (κ2) is 9.28. The first kappa shape index (κ1) is 26.5. The lowest BCUT2D eigenvalue weighted by Crippen LogP contribution is -2.50. The molecule has 42 heavy (non-hydrogen) atoms. The van der Waals surface area contributed by atoms with Gasteiger partial charge in [-0.05, 0) is 87.2 Å². The molecule has 2 aliphatic carbocycles. The van der Waals surface area contributed by atoms with E-state index in [-0.39, 0.29) is 29.3 Å². The molecule has 7 rings (SSSR count). The number of fused-ring (bicyclic) bond motifs is 6. The molecule has 0 N–H and O–H groups in total. The van der Waals surface area contributed by atoms with Crippen molar-refractivity contribution < 1.29 is 27.1 Å². The third-order valence-corrected chi connectivity index (χ3v) is 8.95. The molecule has 6 nitrogen and oxygen atoms in total.